The summed E-state index contributed by atoms with van der Waals surface area (Å²) in [4.78, 5) is 21.5. The summed E-state index contributed by atoms with van der Waals surface area (Å²) >= 11 is 3.72. The normalized spacial score (nSPS) is 20.7. The minimum absolute atomic E-state index is 0.253. The molecule has 0 aromatic carbocycles. The summed E-state index contributed by atoms with van der Waals surface area (Å²) in [7, 11) is 0. The molecule has 80 valence electrons. The number of esters is 1. The summed E-state index contributed by atoms with van der Waals surface area (Å²) in [5, 5.41) is 7.46. The van der Waals surface area contributed by atoms with Crippen LogP contribution in [0.4, 0.5) is 0 Å². The van der Waals surface area contributed by atoms with Crippen molar-refractivity contribution in [1.82, 2.24) is 0 Å². The molecule has 5 nitrogen and oxygen atoms in total. The number of carbonyl (C=O) groups is 2. The van der Waals surface area contributed by atoms with Crippen molar-refractivity contribution in [3.05, 3.63) is 0 Å². The lowest BCUT2D eigenvalue weighted by molar-refractivity contribution is -0.169. The van der Waals surface area contributed by atoms with Gasteiger partial charge >= 0.3 is 11.9 Å². The van der Waals surface area contributed by atoms with E-state index in [4.69, 9.17) is 15.6 Å². The van der Waals surface area contributed by atoms with Crippen molar-refractivity contribution >= 4 is 24.6 Å². The fourth-order valence-electron chi connectivity index (χ4n) is 1.14. The van der Waals surface area contributed by atoms with Gasteiger partial charge in [0.25, 0.3) is 0 Å². The number of thiol groups is 1. The Balaban J connectivity index is 2.32. The van der Waals surface area contributed by atoms with Crippen molar-refractivity contribution in [2.24, 2.45) is 5.73 Å². The van der Waals surface area contributed by atoms with Gasteiger partial charge in [-0.1, -0.05) is 0 Å². The van der Waals surface area contributed by atoms with Crippen LogP contribution in [0, 0.1) is 0 Å². The smallest absolute Gasteiger partial charge is 0.316 e. The van der Waals surface area contributed by atoms with Crippen LogP contribution in [0.2, 0.25) is 0 Å². The molecule has 14 heavy (non-hydrogen) atoms. The van der Waals surface area contributed by atoms with Gasteiger partial charge < -0.3 is 9.84 Å². The Morgan fingerprint density at radius 1 is 1.57 bits per heavy atom. The van der Waals surface area contributed by atoms with Crippen molar-refractivity contribution in [3.8, 4) is 0 Å². The van der Waals surface area contributed by atoms with Gasteiger partial charge in [0.1, 0.15) is 5.25 Å². The molecule has 0 radical (unpaired) electrons. The Hall–Kier alpha value is -0.750. The van der Waals surface area contributed by atoms with Crippen molar-refractivity contribution in [1.29, 1.82) is 0 Å². The third-order valence-corrected chi connectivity index (χ3v) is 2.57. The molecule has 0 amide bonds. The number of hydrogen-bond donors (Lipinski definition) is 3. The Labute approximate surface area is 87.0 Å². The Bertz CT molecular complexity index is 252. The fraction of sp³-hybridized carbons (Fsp3) is 0.750. The number of rotatable bonds is 4. The van der Waals surface area contributed by atoms with E-state index in [1.54, 1.807) is 0 Å². The van der Waals surface area contributed by atoms with Crippen LogP contribution in [0.3, 0.4) is 0 Å². The average Bonchev–Trinajstić information content (AvgIpc) is 2.00. The highest BCUT2D eigenvalue weighted by Crippen LogP contribution is 2.30. The second-order valence-electron chi connectivity index (χ2n) is 3.45. The molecule has 1 unspecified atom stereocenters. The first-order valence-electron chi connectivity index (χ1n) is 4.34. The molecule has 0 aromatic rings. The molecule has 0 bridgehead atoms. The molecule has 6 heteroatoms. The van der Waals surface area contributed by atoms with E-state index < -0.39 is 22.9 Å². The van der Waals surface area contributed by atoms with E-state index in [2.05, 4.69) is 12.6 Å². The highest BCUT2D eigenvalue weighted by Gasteiger charge is 2.37. The molecular weight excluding hydrogens is 206 g/mol. The summed E-state index contributed by atoms with van der Waals surface area (Å²) in [6.07, 6.45) is 1.97. The van der Waals surface area contributed by atoms with Crippen LogP contribution in [0.5, 0.6) is 0 Å². The summed E-state index contributed by atoms with van der Waals surface area (Å²) in [6, 6.07) is 0. The van der Waals surface area contributed by atoms with Gasteiger partial charge in [0.05, 0.1) is 6.42 Å². The highest BCUT2D eigenvalue weighted by molar-refractivity contribution is 7.81. The molecule has 1 rings (SSSR count). The highest BCUT2D eigenvalue weighted by atomic mass is 32.1. The molecule has 1 fully saturated rings. The molecule has 0 spiro atoms. The predicted octanol–water partition coefficient (Wildman–Crippen LogP) is 0.142. The standard InChI is InChI=1S/C8H13NO4S/c9-8(2-1-3-8)13-6(10)4-5(14)7(11)12/h5,14H,1-4,9H2,(H,11,12). The lowest BCUT2D eigenvalue weighted by atomic mass is 9.89. The maximum Gasteiger partial charge on any atom is 0.316 e. The van der Waals surface area contributed by atoms with Crippen LogP contribution in [0.15, 0.2) is 0 Å². The van der Waals surface area contributed by atoms with E-state index in [0.717, 1.165) is 6.42 Å². The molecule has 3 N–H and O–H groups in total. The van der Waals surface area contributed by atoms with Gasteiger partial charge in [0, 0.05) is 12.8 Å². The Morgan fingerprint density at radius 2 is 2.14 bits per heavy atom. The quantitative estimate of drug-likeness (QED) is 0.355. The monoisotopic (exact) mass is 219 g/mol. The van der Waals surface area contributed by atoms with Gasteiger partial charge in [-0.3, -0.25) is 15.3 Å². The Kier molecular flexibility index (Phi) is 3.38. The molecule has 0 saturated heterocycles. The van der Waals surface area contributed by atoms with Gasteiger partial charge in [-0.2, -0.15) is 12.6 Å². The molecule has 1 saturated carbocycles. The second-order valence-corrected chi connectivity index (χ2v) is 4.07. The van der Waals surface area contributed by atoms with Crippen LogP contribution >= 0.6 is 12.6 Å². The average molecular weight is 219 g/mol. The molecule has 1 atom stereocenters. The van der Waals surface area contributed by atoms with E-state index in [9.17, 15) is 9.59 Å². The largest absolute Gasteiger partial charge is 0.480 e. The first-order chi connectivity index (χ1) is 6.43. The number of ether oxygens (including phenoxy) is 1. The van der Waals surface area contributed by atoms with Gasteiger partial charge in [-0.15, -0.1) is 0 Å². The second kappa shape index (κ2) is 4.18. The van der Waals surface area contributed by atoms with Gasteiger partial charge in [-0.25, -0.2) is 0 Å². The van der Waals surface area contributed by atoms with Crippen LogP contribution in [-0.2, 0) is 14.3 Å². The molecule has 1 aliphatic rings. The minimum atomic E-state index is -1.13. The van der Waals surface area contributed by atoms with E-state index in [1.807, 2.05) is 0 Å². The fourth-order valence-corrected chi connectivity index (χ4v) is 1.29. The predicted molar refractivity (Wildman–Crippen MR) is 51.9 cm³/mol. The first kappa shape index (κ1) is 11.3. The zero-order chi connectivity index (χ0) is 10.8. The number of nitrogens with two attached hydrogens (primary N) is 1. The number of hydrogen-bond acceptors (Lipinski definition) is 5. The number of carbonyl (C=O) groups excluding carboxylic acids is 1. The topological polar surface area (TPSA) is 89.6 Å². The van der Waals surface area contributed by atoms with Crippen molar-refractivity contribution in [3.63, 3.8) is 0 Å². The number of carboxylic acid groups (broad SMARTS) is 1. The van der Waals surface area contributed by atoms with Crippen LogP contribution in [-0.4, -0.2) is 28.0 Å². The lowest BCUT2D eigenvalue weighted by Crippen LogP contribution is -2.50. The number of aliphatic carboxylic acids is 1. The summed E-state index contributed by atoms with van der Waals surface area (Å²) in [6.45, 7) is 0. The van der Waals surface area contributed by atoms with Crippen molar-refractivity contribution in [2.75, 3.05) is 0 Å². The molecule has 0 aromatic heterocycles. The molecular formula is C8H13NO4S. The maximum absolute atomic E-state index is 11.2. The maximum atomic E-state index is 11.2. The van der Waals surface area contributed by atoms with E-state index in [-0.39, 0.29) is 6.42 Å². The van der Waals surface area contributed by atoms with Crippen LogP contribution < -0.4 is 5.73 Å². The first-order valence-corrected chi connectivity index (χ1v) is 4.86. The van der Waals surface area contributed by atoms with Crippen molar-refractivity contribution in [2.45, 2.75) is 36.7 Å². The van der Waals surface area contributed by atoms with Crippen LogP contribution in [0.25, 0.3) is 0 Å². The zero-order valence-electron chi connectivity index (χ0n) is 7.60. The number of carboxylic acids is 1. The van der Waals surface area contributed by atoms with E-state index in [0.29, 0.717) is 12.8 Å². The summed E-state index contributed by atoms with van der Waals surface area (Å²) < 4.78 is 4.92. The van der Waals surface area contributed by atoms with Gasteiger partial charge in [-0.05, 0) is 6.42 Å². The summed E-state index contributed by atoms with van der Waals surface area (Å²) in [5.41, 5.74) is 4.78. The third kappa shape index (κ3) is 2.88. The van der Waals surface area contributed by atoms with Crippen molar-refractivity contribution < 1.29 is 19.4 Å². The summed E-state index contributed by atoms with van der Waals surface area (Å²) in [5.74, 6) is -1.74. The molecule has 0 aliphatic heterocycles. The van der Waals surface area contributed by atoms with Crippen LogP contribution in [0.1, 0.15) is 25.7 Å². The minimum Gasteiger partial charge on any atom is -0.480 e. The SMILES string of the molecule is NC1(OC(=O)CC(S)C(=O)O)CCC1. The third-order valence-electron chi connectivity index (χ3n) is 2.16. The van der Waals surface area contributed by atoms with Gasteiger partial charge in [0.2, 0.25) is 0 Å². The van der Waals surface area contributed by atoms with E-state index >= 15 is 0 Å². The lowest BCUT2D eigenvalue weighted by Gasteiger charge is -2.37. The molecule has 0 heterocycles. The zero-order valence-corrected chi connectivity index (χ0v) is 8.50. The van der Waals surface area contributed by atoms with Gasteiger partial charge in [0.15, 0.2) is 5.72 Å². The Morgan fingerprint density at radius 3 is 2.50 bits per heavy atom. The van der Waals surface area contributed by atoms with E-state index in [1.165, 1.54) is 0 Å². The molecule has 1 aliphatic carbocycles.